The Morgan fingerprint density at radius 2 is 1.57 bits per heavy atom. The molecule has 0 atom stereocenters. The second-order valence-corrected chi connectivity index (χ2v) is 9.29. The van der Waals surface area contributed by atoms with Crippen molar-refractivity contribution < 1.29 is 17.9 Å². The topological polar surface area (TPSA) is 95.9 Å². The quantitative estimate of drug-likeness (QED) is 0.703. The largest absolute Gasteiger partial charge is 0.480 e. The normalized spacial score (nSPS) is 17.9. The third-order valence-corrected chi connectivity index (χ3v) is 7.44. The first-order valence-corrected chi connectivity index (χ1v) is 11.5. The van der Waals surface area contributed by atoms with Gasteiger partial charge in [-0.25, -0.2) is 8.42 Å². The molecule has 3 heterocycles. The van der Waals surface area contributed by atoms with Gasteiger partial charge in [-0.1, -0.05) is 0 Å². The average molecular weight is 432 g/mol. The number of carbonyl (C=O) groups excluding carboxylic acids is 1. The van der Waals surface area contributed by atoms with Crippen molar-refractivity contribution in [2.45, 2.75) is 17.7 Å². The minimum atomic E-state index is -3.47. The fourth-order valence-corrected chi connectivity index (χ4v) is 5.28. The molecule has 2 fully saturated rings. The summed E-state index contributed by atoms with van der Waals surface area (Å²) in [5.74, 6) is 1.11. The molecule has 0 N–H and O–H groups in total. The van der Waals surface area contributed by atoms with Crippen LogP contribution in [-0.4, -0.2) is 80.1 Å². The summed E-state index contributed by atoms with van der Waals surface area (Å²) >= 11 is 0. The van der Waals surface area contributed by atoms with Crippen LogP contribution in [0.1, 0.15) is 23.2 Å². The third-order valence-electron chi connectivity index (χ3n) is 5.53. The Kier molecular flexibility index (Phi) is 5.87. The number of piperazine rings is 1. The highest BCUT2D eigenvalue weighted by atomic mass is 32.2. The zero-order chi connectivity index (χ0) is 21.1. The molecular weight excluding hydrogens is 406 g/mol. The molecule has 160 valence electrons. The molecule has 1 aromatic heterocycles. The molecule has 0 saturated carbocycles. The van der Waals surface area contributed by atoms with E-state index in [0.29, 0.717) is 50.7 Å². The molecule has 0 spiro atoms. The van der Waals surface area contributed by atoms with Crippen LogP contribution in [0.4, 0.5) is 5.82 Å². The highest BCUT2D eigenvalue weighted by Gasteiger charge is 2.28. The third kappa shape index (κ3) is 4.10. The van der Waals surface area contributed by atoms with E-state index in [4.69, 9.17) is 4.74 Å². The predicted molar refractivity (Wildman–Crippen MR) is 111 cm³/mol. The Hall–Kier alpha value is -2.72. The fourth-order valence-electron chi connectivity index (χ4n) is 3.76. The number of nitrogens with zero attached hydrogens (tertiary/aromatic N) is 5. The van der Waals surface area contributed by atoms with Crippen molar-refractivity contribution in [1.29, 1.82) is 0 Å². The molecule has 0 bridgehead atoms. The summed E-state index contributed by atoms with van der Waals surface area (Å²) < 4.78 is 31.8. The molecule has 10 heteroatoms. The van der Waals surface area contributed by atoms with E-state index >= 15 is 0 Å². The zero-order valence-electron chi connectivity index (χ0n) is 16.9. The number of carbonyl (C=O) groups is 1. The summed E-state index contributed by atoms with van der Waals surface area (Å²) in [6, 6.07) is 9.88. The van der Waals surface area contributed by atoms with E-state index in [2.05, 4.69) is 15.1 Å². The van der Waals surface area contributed by atoms with E-state index in [1.54, 1.807) is 30.2 Å². The molecule has 0 radical (unpaired) electrons. The van der Waals surface area contributed by atoms with Crippen molar-refractivity contribution in [3.05, 3.63) is 42.0 Å². The van der Waals surface area contributed by atoms with Gasteiger partial charge in [0.2, 0.25) is 15.9 Å². The van der Waals surface area contributed by atoms with Crippen LogP contribution < -0.4 is 9.64 Å². The van der Waals surface area contributed by atoms with Gasteiger partial charge in [0.25, 0.3) is 5.91 Å². The van der Waals surface area contributed by atoms with E-state index in [-0.39, 0.29) is 10.8 Å². The van der Waals surface area contributed by atoms with Gasteiger partial charge in [-0.2, -0.15) is 4.31 Å². The molecule has 9 nitrogen and oxygen atoms in total. The lowest BCUT2D eigenvalue weighted by atomic mass is 10.2. The smallest absolute Gasteiger partial charge is 0.253 e. The number of aromatic nitrogens is 2. The van der Waals surface area contributed by atoms with Gasteiger partial charge >= 0.3 is 0 Å². The minimum absolute atomic E-state index is 0.0967. The average Bonchev–Trinajstić information content (AvgIpc) is 3.35. The maximum Gasteiger partial charge on any atom is 0.253 e. The van der Waals surface area contributed by atoms with Gasteiger partial charge < -0.3 is 14.5 Å². The number of methoxy groups -OCH3 is 1. The van der Waals surface area contributed by atoms with Crippen LogP contribution in [0, 0.1) is 0 Å². The number of hydrogen-bond acceptors (Lipinski definition) is 7. The van der Waals surface area contributed by atoms with Crippen molar-refractivity contribution in [2.75, 3.05) is 51.3 Å². The standard InChI is InChI=1S/C20H25N5O4S/c1-29-19-9-8-18(21-22-19)23-12-14-24(15-13-23)20(26)16-4-6-17(7-5-16)30(27,28)25-10-2-3-11-25/h4-9H,2-3,10-15H2,1H3. The van der Waals surface area contributed by atoms with E-state index in [1.807, 2.05) is 6.07 Å². The van der Waals surface area contributed by atoms with Gasteiger partial charge in [0.1, 0.15) is 0 Å². The number of rotatable bonds is 5. The first kappa shape index (κ1) is 20.5. The van der Waals surface area contributed by atoms with Crippen LogP contribution in [0.2, 0.25) is 0 Å². The summed E-state index contributed by atoms with van der Waals surface area (Å²) in [5.41, 5.74) is 0.494. The Balaban J connectivity index is 1.38. The van der Waals surface area contributed by atoms with Crippen LogP contribution in [-0.2, 0) is 10.0 Å². The molecule has 2 aliphatic heterocycles. The van der Waals surface area contributed by atoms with E-state index in [1.165, 1.54) is 16.4 Å². The summed E-state index contributed by atoms with van der Waals surface area (Å²) in [6.07, 6.45) is 1.79. The van der Waals surface area contributed by atoms with Crippen molar-refractivity contribution in [3.8, 4) is 5.88 Å². The molecule has 1 aromatic carbocycles. The maximum absolute atomic E-state index is 12.8. The van der Waals surface area contributed by atoms with Gasteiger partial charge in [0, 0.05) is 50.9 Å². The fraction of sp³-hybridized carbons (Fsp3) is 0.450. The lowest BCUT2D eigenvalue weighted by Crippen LogP contribution is -2.49. The number of amides is 1. The molecule has 0 unspecified atom stereocenters. The second-order valence-electron chi connectivity index (χ2n) is 7.35. The second kappa shape index (κ2) is 8.57. The number of anilines is 1. The minimum Gasteiger partial charge on any atom is -0.480 e. The molecule has 2 aromatic rings. The van der Waals surface area contributed by atoms with Crippen molar-refractivity contribution >= 4 is 21.7 Å². The van der Waals surface area contributed by atoms with Crippen molar-refractivity contribution in [3.63, 3.8) is 0 Å². The monoisotopic (exact) mass is 431 g/mol. The van der Waals surface area contributed by atoms with Gasteiger partial charge in [-0.05, 0) is 43.2 Å². The molecule has 2 saturated heterocycles. The Labute approximate surface area is 176 Å². The van der Waals surface area contributed by atoms with E-state index in [0.717, 1.165) is 18.7 Å². The molecule has 1 amide bonds. The summed E-state index contributed by atoms with van der Waals surface area (Å²) in [5, 5.41) is 8.14. The lowest BCUT2D eigenvalue weighted by Gasteiger charge is -2.35. The first-order valence-electron chi connectivity index (χ1n) is 10.0. The lowest BCUT2D eigenvalue weighted by molar-refractivity contribution is 0.0746. The maximum atomic E-state index is 12.8. The zero-order valence-corrected chi connectivity index (χ0v) is 17.7. The highest BCUT2D eigenvalue weighted by molar-refractivity contribution is 7.89. The van der Waals surface area contributed by atoms with Gasteiger partial charge in [0.05, 0.1) is 12.0 Å². The van der Waals surface area contributed by atoms with Crippen LogP contribution in [0.5, 0.6) is 5.88 Å². The first-order chi connectivity index (χ1) is 14.5. The summed E-state index contributed by atoms with van der Waals surface area (Å²) in [6.45, 7) is 3.53. The van der Waals surface area contributed by atoms with Crippen LogP contribution in [0.3, 0.4) is 0 Å². The van der Waals surface area contributed by atoms with Crippen LogP contribution in [0.15, 0.2) is 41.3 Å². The van der Waals surface area contributed by atoms with Crippen LogP contribution >= 0.6 is 0 Å². The number of ether oxygens (including phenoxy) is 1. The van der Waals surface area contributed by atoms with Gasteiger partial charge in [0.15, 0.2) is 5.82 Å². The van der Waals surface area contributed by atoms with E-state index in [9.17, 15) is 13.2 Å². The summed E-state index contributed by atoms with van der Waals surface area (Å²) in [7, 11) is -1.92. The molecular formula is C20H25N5O4S. The Morgan fingerprint density at radius 3 is 2.13 bits per heavy atom. The number of benzene rings is 1. The SMILES string of the molecule is COc1ccc(N2CCN(C(=O)c3ccc(S(=O)(=O)N4CCCC4)cc3)CC2)nn1. The summed E-state index contributed by atoms with van der Waals surface area (Å²) in [4.78, 5) is 16.9. The molecule has 4 rings (SSSR count). The molecule has 0 aliphatic carbocycles. The Morgan fingerprint density at radius 1 is 0.900 bits per heavy atom. The molecule has 30 heavy (non-hydrogen) atoms. The Bertz CT molecular complexity index is 981. The molecule has 2 aliphatic rings. The predicted octanol–water partition coefficient (Wildman–Crippen LogP) is 1.23. The van der Waals surface area contributed by atoms with Crippen molar-refractivity contribution in [1.82, 2.24) is 19.4 Å². The van der Waals surface area contributed by atoms with Gasteiger partial charge in [-0.15, -0.1) is 10.2 Å². The van der Waals surface area contributed by atoms with Gasteiger partial charge in [-0.3, -0.25) is 4.79 Å². The van der Waals surface area contributed by atoms with E-state index < -0.39 is 10.0 Å². The number of hydrogen-bond donors (Lipinski definition) is 0. The number of sulfonamides is 1. The van der Waals surface area contributed by atoms with Crippen LogP contribution in [0.25, 0.3) is 0 Å². The highest BCUT2D eigenvalue weighted by Crippen LogP contribution is 2.22. The van der Waals surface area contributed by atoms with Crippen molar-refractivity contribution in [2.24, 2.45) is 0 Å².